The number of hydrogen-bond donors (Lipinski definition) is 1. The van der Waals surface area contributed by atoms with E-state index in [1.54, 1.807) is 48.5 Å². The van der Waals surface area contributed by atoms with Crippen LogP contribution in [-0.4, -0.2) is 33.5 Å². The molecule has 0 atom stereocenters. The number of nitrogens with one attached hydrogen (secondary N) is 1. The Bertz CT molecular complexity index is 1630. The Morgan fingerprint density at radius 2 is 1.62 bits per heavy atom. The summed E-state index contributed by atoms with van der Waals surface area (Å²) < 4.78 is 45.1. The number of rotatable bonds is 9. The van der Waals surface area contributed by atoms with Crippen molar-refractivity contribution in [1.82, 2.24) is 0 Å². The van der Waals surface area contributed by atoms with E-state index >= 15 is 0 Å². The summed E-state index contributed by atoms with van der Waals surface area (Å²) in [5, 5.41) is 3.09. The number of carbonyl (C=O) groups is 2. The van der Waals surface area contributed by atoms with Crippen molar-refractivity contribution in [3.8, 4) is 5.75 Å². The summed E-state index contributed by atoms with van der Waals surface area (Å²) in [6, 6.07) is 22.8. The number of nitrogens with zero attached hydrogens (tertiary/aromatic N) is 1. The third-order valence-electron chi connectivity index (χ3n) is 5.88. The molecular formula is C29H24ClFN2O5S. The summed E-state index contributed by atoms with van der Waals surface area (Å²) in [6.07, 6.45) is 1.03. The van der Waals surface area contributed by atoms with Gasteiger partial charge in [0.1, 0.15) is 11.6 Å². The molecule has 0 heterocycles. The number of halogens is 2. The molecule has 10 heteroatoms. The van der Waals surface area contributed by atoms with E-state index < -0.39 is 21.7 Å². The largest absolute Gasteiger partial charge is 0.496 e. The summed E-state index contributed by atoms with van der Waals surface area (Å²) in [4.78, 5) is 26.4. The zero-order chi connectivity index (χ0) is 28.2. The van der Waals surface area contributed by atoms with E-state index in [0.717, 1.165) is 22.7 Å². The molecule has 1 amide bonds. The van der Waals surface area contributed by atoms with Gasteiger partial charge in [0, 0.05) is 27.3 Å². The number of amides is 1. The van der Waals surface area contributed by atoms with Gasteiger partial charge in [-0.05, 0) is 60.7 Å². The van der Waals surface area contributed by atoms with Crippen LogP contribution < -0.4 is 14.4 Å². The van der Waals surface area contributed by atoms with Crippen molar-refractivity contribution >= 4 is 44.7 Å². The first-order valence-electron chi connectivity index (χ1n) is 11.7. The van der Waals surface area contributed by atoms with Crippen LogP contribution in [0.1, 0.15) is 31.8 Å². The Balaban J connectivity index is 1.66. The zero-order valence-corrected chi connectivity index (χ0v) is 22.6. The van der Waals surface area contributed by atoms with E-state index in [9.17, 15) is 22.4 Å². The maximum atomic E-state index is 13.4. The van der Waals surface area contributed by atoms with Crippen molar-refractivity contribution in [3.63, 3.8) is 0 Å². The molecule has 39 heavy (non-hydrogen) atoms. The molecule has 0 radical (unpaired) electrons. The minimum atomic E-state index is -3.78. The highest BCUT2D eigenvalue weighted by Gasteiger charge is 2.22. The summed E-state index contributed by atoms with van der Waals surface area (Å²) in [5.41, 5.74) is 1.77. The number of hydrogen-bond acceptors (Lipinski definition) is 5. The van der Waals surface area contributed by atoms with Gasteiger partial charge < -0.3 is 10.1 Å². The van der Waals surface area contributed by atoms with Crippen molar-refractivity contribution < 1.29 is 27.1 Å². The quantitative estimate of drug-likeness (QED) is 0.253. The van der Waals surface area contributed by atoms with Gasteiger partial charge in [-0.1, -0.05) is 41.9 Å². The molecule has 0 aliphatic heterocycles. The van der Waals surface area contributed by atoms with E-state index in [0.29, 0.717) is 21.9 Å². The van der Waals surface area contributed by atoms with Crippen molar-refractivity contribution in [3.05, 3.63) is 124 Å². The molecule has 0 saturated heterocycles. The van der Waals surface area contributed by atoms with Gasteiger partial charge in [-0.3, -0.25) is 13.9 Å². The van der Waals surface area contributed by atoms with Crippen LogP contribution in [0.15, 0.2) is 91.0 Å². The molecule has 0 aliphatic rings. The monoisotopic (exact) mass is 566 g/mol. The van der Waals surface area contributed by atoms with Gasteiger partial charge in [0.25, 0.3) is 5.91 Å². The van der Waals surface area contributed by atoms with Crippen LogP contribution in [0.4, 0.5) is 15.8 Å². The summed E-state index contributed by atoms with van der Waals surface area (Å²) in [7, 11) is -2.35. The number of anilines is 2. The zero-order valence-electron chi connectivity index (χ0n) is 21.0. The standard InChI is InChI=1S/C29H24ClFN2O5S/c1-38-27-15-8-20(16-21(27)18-33(39(2,36)37)24-12-10-23(31)11-13-24)29(35)32-26-14-9-22(30)17-25(26)28(34)19-6-4-3-5-7-19/h3-17H,18H2,1-2H3,(H,32,35). The molecule has 7 nitrogen and oxygen atoms in total. The topological polar surface area (TPSA) is 92.8 Å². The second-order valence-corrected chi connectivity index (χ2v) is 11.0. The molecule has 0 fully saturated rings. The molecule has 0 saturated carbocycles. The van der Waals surface area contributed by atoms with Gasteiger partial charge in [0.2, 0.25) is 10.0 Å². The predicted molar refractivity (Wildman–Crippen MR) is 150 cm³/mol. The average Bonchev–Trinajstić information content (AvgIpc) is 2.92. The molecule has 4 aromatic carbocycles. The first-order chi connectivity index (χ1) is 18.6. The highest BCUT2D eigenvalue weighted by atomic mass is 35.5. The Morgan fingerprint density at radius 3 is 2.26 bits per heavy atom. The lowest BCUT2D eigenvalue weighted by Crippen LogP contribution is -2.29. The minimum Gasteiger partial charge on any atom is -0.496 e. The first-order valence-corrected chi connectivity index (χ1v) is 13.9. The number of benzene rings is 4. The smallest absolute Gasteiger partial charge is 0.255 e. The summed E-state index contributed by atoms with van der Waals surface area (Å²) >= 11 is 6.15. The molecule has 4 aromatic rings. The fourth-order valence-electron chi connectivity index (χ4n) is 3.96. The van der Waals surface area contributed by atoms with Crippen LogP contribution in [0.3, 0.4) is 0 Å². The second kappa shape index (κ2) is 11.7. The molecular weight excluding hydrogens is 543 g/mol. The number of carbonyl (C=O) groups excluding carboxylic acids is 2. The lowest BCUT2D eigenvalue weighted by Gasteiger charge is -2.24. The normalized spacial score (nSPS) is 11.1. The Kier molecular flexibility index (Phi) is 8.32. The van der Waals surface area contributed by atoms with Crippen LogP contribution in [0.25, 0.3) is 0 Å². The number of methoxy groups -OCH3 is 1. The van der Waals surface area contributed by atoms with E-state index in [1.165, 1.54) is 37.4 Å². The van der Waals surface area contributed by atoms with Crippen LogP contribution in [-0.2, 0) is 16.6 Å². The maximum Gasteiger partial charge on any atom is 0.255 e. The number of sulfonamides is 1. The summed E-state index contributed by atoms with van der Waals surface area (Å²) in [5.74, 6) is -0.993. The van der Waals surface area contributed by atoms with Gasteiger partial charge in [0.05, 0.1) is 31.3 Å². The molecule has 4 rings (SSSR count). The molecule has 200 valence electrons. The van der Waals surface area contributed by atoms with Crippen molar-refractivity contribution in [2.75, 3.05) is 23.0 Å². The van der Waals surface area contributed by atoms with E-state index in [2.05, 4.69) is 5.32 Å². The van der Waals surface area contributed by atoms with E-state index in [1.807, 2.05) is 0 Å². The average molecular weight is 567 g/mol. The second-order valence-electron chi connectivity index (χ2n) is 8.61. The van der Waals surface area contributed by atoms with Crippen molar-refractivity contribution in [2.45, 2.75) is 6.54 Å². The summed E-state index contributed by atoms with van der Waals surface area (Å²) in [6.45, 7) is -0.173. The van der Waals surface area contributed by atoms with Crippen molar-refractivity contribution in [2.24, 2.45) is 0 Å². The third-order valence-corrected chi connectivity index (χ3v) is 7.26. The van der Waals surface area contributed by atoms with Gasteiger partial charge in [0.15, 0.2) is 5.78 Å². The Morgan fingerprint density at radius 1 is 0.923 bits per heavy atom. The third kappa shape index (κ3) is 6.63. The van der Waals surface area contributed by atoms with E-state index in [-0.39, 0.29) is 34.8 Å². The Labute approximate surface area is 230 Å². The SMILES string of the molecule is COc1ccc(C(=O)Nc2ccc(Cl)cc2C(=O)c2ccccc2)cc1CN(c1ccc(F)cc1)S(C)(=O)=O. The maximum absolute atomic E-state index is 13.4. The highest BCUT2D eigenvalue weighted by Crippen LogP contribution is 2.28. The molecule has 0 aromatic heterocycles. The van der Waals surface area contributed by atoms with Crippen molar-refractivity contribution in [1.29, 1.82) is 0 Å². The number of ketones is 1. The fraction of sp³-hybridized carbons (Fsp3) is 0.103. The van der Waals surface area contributed by atoms with Crippen LogP contribution in [0, 0.1) is 5.82 Å². The fourth-order valence-corrected chi connectivity index (χ4v) is 5.01. The molecule has 0 unspecified atom stereocenters. The molecule has 1 N–H and O–H groups in total. The van der Waals surface area contributed by atoms with Crippen LogP contribution >= 0.6 is 11.6 Å². The lowest BCUT2D eigenvalue weighted by molar-refractivity contribution is 0.102. The van der Waals surface area contributed by atoms with Gasteiger partial charge in [-0.25, -0.2) is 12.8 Å². The van der Waals surface area contributed by atoms with Gasteiger partial charge in [-0.15, -0.1) is 0 Å². The molecule has 0 aliphatic carbocycles. The number of ether oxygens (including phenoxy) is 1. The molecule has 0 spiro atoms. The van der Waals surface area contributed by atoms with Crippen LogP contribution in [0.5, 0.6) is 5.75 Å². The van der Waals surface area contributed by atoms with E-state index in [4.69, 9.17) is 16.3 Å². The lowest BCUT2D eigenvalue weighted by atomic mass is 10.0. The first kappa shape index (κ1) is 27.8. The van der Waals surface area contributed by atoms with Gasteiger partial charge >= 0.3 is 0 Å². The van der Waals surface area contributed by atoms with Gasteiger partial charge in [-0.2, -0.15) is 0 Å². The minimum absolute atomic E-state index is 0.173. The highest BCUT2D eigenvalue weighted by molar-refractivity contribution is 7.92. The molecule has 0 bridgehead atoms. The Hall–Kier alpha value is -4.21. The predicted octanol–water partition coefficient (Wildman–Crippen LogP) is 5.94. The van der Waals surface area contributed by atoms with Crippen LogP contribution in [0.2, 0.25) is 5.02 Å².